The molecule has 49 heavy (non-hydrogen) atoms. The minimum Gasteiger partial charge on any atom is -0.491 e. The number of anilines is 1. The largest absolute Gasteiger partial charge is 0.491 e. The fraction of sp³-hybridized carbons (Fsp3) is 0.556. The lowest BCUT2D eigenvalue weighted by molar-refractivity contribution is -0.00359. The number of aryl methyl sites for hydroxylation is 1. The Morgan fingerprint density at radius 3 is 2.67 bits per heavy atom. The van der Waals surface area contributed by atoms with Gasteiger partial charge in [-0.05, 0) is 97.7 Å². The highest BCUT2D eigenvalue weighted by Crippen LogP contribution is 2.42. The Hall–Kier alpha value is -3.22. The van der Waals surface area contributed by atoms with Crippen LogP contribution >= 0.6 is 11.6 Å². The number of carbonyl (C=O) groups excluding carboxylic acids is 2. The molecule has 1 unspecified atom stereocenters. The normalized spacial score (nSPS) is 28.8. The molecule has 0 spiro atoms. The number of carbonyl (C=O) groups is 2. The van der Waals surface area contributed by atoms with Gasteiger partial charge in [0.25, 0.3) is 5.91 Å². The monoisotopic (exact) mass is 718 g/mol. The van der Waals surface area contributed by atoms with E-state index in [1.165, 1.54) is 10.5 Å². The third-order valence-corrected chi connectivity index (χ3v) is 12.4. The number of allylic oxidation sites excluding steroid dienone is 1. The van der Waals surface area contributed by atoms with Gasteiger partial charge in [-0.15, -0.1) is 4.36 Å². The molecule has 6 rings (SSSR count). The van der Waals surface area contributed by atoms with Crippen molar-refractivity contribution in [3.05, 3.63) is 70.3 Å². The number of likely N-dealkylation sites (tertiary alicyclic amines) is 1. The molecular formula is C36H45ClF2N4O5S. The number of methoxy groups -OCH3 is 1. The molecule has 2 aromatic carbocycles. The van der Waals surface area contributed by atoms with E-state index in [1.54, 1.807) is 25.3 Å². The van der Waals surface area contributed by atoms with E-state index in [0.29, 0.717) is 42.8 Å². The summed E-state index contributed by atoms with van der Waals surface area (Å²) in [6.45, 7) is 3.34. The van der Waals surface area contributed by atoms with E-state index in [9.17, 15) is 22.6 Å². The van der Waals surface area contributed by atoms with E-state index < -0.39 is 34.2 Å². The molecule has 2 bridgehead atoms. The minimum absolute atomic E-state index is 0.0931. The second-order valence-electron chi connectivity index (χ2n) is 13.9. The van der Waals surface area contributed by atoms with E-state index in [2.05, 4.69) is 26.1 Å². The summed E-state index contributed by atoms with van der Waals surface area (Å²) in [5.41, 5.74) is 3.27. The van der Waals surface area contributed by atoms with Crippen molar-refractivity contribution >= 4 is 39.1 Å². The Bertz CT molecular complexity index is 1690. The van der Waals surface area contributed by atoms with Crippen molar-refractivity contribution < 1.29 is 32.1 Å². The van der Waals surface area contributed by atoms with E-state index in [1.807, 2.05) is 25.1 Å². The van der Waals surface area contributed by atoms with Crippen molar-refractivity contribution in [3.8, 4) is 5.75 Å². The molecular weight excluding hydrogens is 674 g/mol. The number of urea groups is 1. The van der Waals surface area contributed by atoms with Gasteiger partial charge in [-0.1, -0.05) is 36.7 Å². The summed E-state index contributed by atoms with van der Waals surface area (Å²) < 4.78 is 59.5. The van der Waals surface area contributed by atoms with Gasteiger partial charge in [0.1, 0.15) is 15.7 Å². The van der Waals surface area contributed by atoms with Crippen LogP contribution in [0.5, 0.6) is 5.75 Å². The van der Waals surface area contributed by atoms with Crippen LogP contribution in [-0.2, 0) is 27.6 Å². The number of nitrogens with one attached hydrogen (secondary N) is 1. The van der Waals surface area contributed by atoms with Gasteiger partial charge in [-0.3, -0.25) is 9.52 Å². The molecule has 266 valence electrons. The molecule has 1 saturated heterocycles. The molecule has 1 aliphatic carbocycles. The Morgan fingerprint density at radius 1 is 1.12 bits per heavy atom. The Balaban J connectivity index is 1.41. The fourth-order valence-electron chi connectivity index (χ4n) is 7.21. The number of benzene rings is 2. The Morgan fingerprint density at radius 2 is 1.94 bits per heavy atom. The first-order valence-electron chi connectivity index (χ1n) is 17.1. The fourth-order valence-corrected chi connectivity index (χ4v) is 9.29. The molecule has 4 aliphatic rings. The standard InChI is InChI=1S/C36H45ClF2N4O5S/c1-23-6-5-8-32(47-2)30-13-10-27(30)19-42-18-26-9-12-29(37)16-24(26)7-3-4-15-48-33-14-11-25(17-31(33)42)35(44)40-49(46,22-23)41-36(45)43-20-28(21-43)34(38)39/h5,8-9,11-12,14,16-17,23,27-28,30,32,34H,3-4,6-7,10,13,15,18-22H2,1-2H3,(H,40,41,44,45,46)/b8-5+/t23-,27-,30+,32-,49?/m0/s1. The molecule has 1 N–H and O–H groups in total. The first-order chi connectivity index (χ1) is 23.5. The van der Waals surface area contributed by atoms with E-state index >= 15 is 0 Å². The number of hydrogen-bond acceptors (Lipinski definition) is 6. The summed E-state index contributed by atoms with van der Waals surface area (Å²) in [4.78, 5) is 30.3. The maximum atomic E-state index is 14.3. The first-order valence-corrected chi connectivity index (χ1v) is 19.2. The summed E-state index contributed by atoms with van der Waals surface area (Å²) in [7, 11) is -1.91. The van der Waals surface area contributed by atoms with E-state index in [-0.39, 0.29) is 42.3 Å². The second-order valence-corrected chi connectivity index (χ2v) is 16.3. The minimum atomic E-state index is -3.63. The quantitative estimate of drug-likeness (QED) is 0.339. The van der Waals surface area contributed by atoms with Gasteiger partial charge < -0.3 is 19.3 Å². The summed E-state index contributed by atoms with van der Waals surface area (Å²) in [6, 6.07) is 10.4. The molecule has 13 heteroatoms. The van der Waals surface area contributed by atoms with Crippen LogP contribution in [0, 0.1) is 23.7 Å². The molecule has 1 saturated carbocycles. The maximum absolute atomic E-state index is 14.3. The lowest BCUT2D eigenvalue weighted by Crippen LogP contribution is -2.57. The lowest BCUT2D eigenvalue weighted by atomic mass is 9.70. The molecule has 3 heterocycles. The molecule has 5 atom stereocenters. The average Bonchev–Trinajstić information content (AvgIpc) is 3.03. The number of rotatable bonds is 3. The van der Waals surface area contributed by atoms with Gasteiger partial charge in [0, 0.05) is 43.9 Å². The highest BCUT2D eigenvalue weighted by atomic mass is 35.5. The molecule has 2 fully saturated rings. The summed E-state index contributed by atoms with van der Waals surface area (Å²) >= 11 is 6.43. The van der Waals surface area contributed by atoms with Gasteiger partial charge in [0.05, 0.1) is 30.1 Å². The highest BCUT2D eigenvalue weighted by Gasteiger charge is 2.39. The van der Waals surface area contributed by atoms with Crippen LogP contribution < -0.4 is 14.4 Å². The van der Waals surface area contributed by atoms with Gasteiger partial charge in [-0.2, -0.15) is 0 Å². The average molecular weight is 719 g/mol. The van der Waals surface area contributed by atoms with Gasteiger partial charge >= 0.3 is 6.03 Å². The van der Waals surface area contributed by atoms with Gasteiger partial charge in [0.15, 0.2) is 0 Å². The van der Waals surface area contributed by atoms with Crippen molar-refractivity contribution in [2.45, 2.75) is 64.5 Å². The number of alkyl halides is 2. The van der Waals surface area contributed by atoms with Crippen LogP contribution in [-0.4, -0.2) is 72.7 Å². The SMILES string of the molecule is CO[C@H]1/C=C/C[C@H](C)CS(=O)(NC(=O)N2CC(C(F)F)C2)=NC(=O)c2ccc3c(c2)N(Cc2ccc(Cl)cc2CCCCO3)C[C@@H]2CC[C@H]21. The molecule has 0 radical (unpaired) electrons. The smallest absolute Gasteiger partial charge is 0.329 e. The number of ether oxygens (including phenoxy) is 2. The van der Waals surface area contributed by atoms with Crippen molar-refractivity contribution in [2.75, 3.05) is 44.0 Å². The van der Waals surface area contributed by atoms with Crippen LogP contribution in [0.15, 0.2) is 52.9 Å². The molecule has 2 aromatic rings. The second kappa shape index (κ2) is 15.3. The molecule has 3 aliphatic heterocycles. The van der Waals surface area contributed by atoms with Crippen LogP contribution in [0.2, 0.25) is 5.02 Å². The number of fused-ring (bicyclic) bond motifs is 3. The predicted octanol–water partition coefficient (Wildman–Crippen LogP) is 7.13. The number of nitrogens with zero attached hydrogens (tertiary/aromatic N) is 3. The zero-order valence-electron chi connectivity index (χ0n) is 28.0. The van der Waals surface area contributed by atoms with Crippen molar-refractivity contribution in [1.82, 2.24) is 9.62 Å². The third kappa shape index (κ3) is 8.40. The molecule has 9 nitrogen and oxygen atoms in total. The van der Waals surface area contributed by atoms with Gasteiger partial charge in [-0.25, -0.2) is 17.8 Å². The summed E-state index contributed by atoms with van der Waals surface area (Å²) in [5.74, 6) is -0.723. The van der Waals surface area contributed by atoms with Crippen LogP contribution in [0.4, 0.5) is 19.3 Å². The highest BCUT2D eigenvalue weighted by molar-refractivity contribution is 7.92. The van der Waals surface area contributed by atoms with Gasteiger partial charge in [0.2, 0.25) is 6.43 Å². The zero-order chi connectivity index (χ0) is 34.7. The predicted molar refractivity (Wildman–Crippen MR) is 187 cm³/mol. The van der Waals surface area contributed by atoms with Crippen molar-refractivity contribution in [3.63, 3.8) is 0 Å². The number of amides is 3. The third-order valence-electron chi connectivity index (χ3n) is 10.2. The Labute approximate surface area is 292 Å². The Kier molecular flexibility index (Phi) is 11.2. The first kappa shape index (κ1) is 35.6. The van der Waals surface area contributed by atoms with E-state index in [0.717, 1.165) is 43.4 Å². The van der Waals surface area contributed by atoms with Crippen molar-refractivity contribution in [2.24, 2.45) is 28.0 Å². The topological polar surface area (TPSA) is 101 Å². The maximum Gasteiger partial charge on any atom is 0.329 e. The van der Waals surface area contributed by atoms with Crippen molar-refractivity contribution in [1.29, 1.82) is 0 Å². The molecule has 3 amide bonds. The van der Waals surface area contributed by atoms with E-state index in [4.69, 9.17) is 21.1 Å². The molecule has 0 aromatic heterocycles. The van der Waals surface area contributed by atoms with Crippen LogP contribution in [0.25, 0.3) is 0 Å². The lowest BCUT2D eigenvalue weighted by Gasteiger charge is -2.43. The summed E-state index contributed by atoms with van der Waals surface area (Å²) in [5, 5.41) is 0.689. The summed E-state index contributed by atoms with van der Waals surface area (Å²) in [6.07, 6.45) is 6.63. The number of halogens is 3. The number of hydrogen-bond donors (Lipinski definition) is 1. The van der Waals surface area contributed by atoms with Crippen LogP contribution in [0.3, 0.4) is 0 Å². The van der Waals surface area contributed by atoms with Crippen LogP contribution in [0.1, 0.15) is 60.5 Å². The zero-order valence-corrected chi connectivity index (χ0v) is 29.6.